The van der Waals surface area contributed by atoms with Crippen molar-refractivity contribution in [2.75, 3.05) is 0 Å². The number of aromatic amines is 1. The van der Waals surface area contributed by atoms with Crippen molar-refractivity contribution in [2.24, 2.45) is 0 Å². The van der Waals surface area contributed by atoms with Gasteiger partial charge in [-0.1, -0.05) is 66.7 Å². The SMILES string of the molecule is Cc1c(-c2ccccc2)[nH]c(-c2ccccn2)c1-c1ccccc1. The fourth-order valence-electron chi connectivity index (χ4n) is 3.16. The van der Waals surface area contributed by atoms with E-state index >= 15 is 0 Å². The molecule has 0 aliphatic rings. The summed E-state index contributed by atoms with van der Waals surface area (Å²) in [6.45, 7) is 2.17. The third-order valence-electron chi connectivity index (χ3n) is 4.30. The Hall–Kier alpha value is -3.13. The van der Waals surface area contributed by atoms with E-state index in [1.165, 1.54) is 22.3 Å². The Morgan fingerprint density at radius 3 is 1.92 bits per heavy atom. The van der Waals surface area contributed by atoms with Gasteiger partial charge in [-0.2, -0.15) is 0 Å². The number of benzene rings is 2. The summed E-state index contributed by atoms with van der Waals surface area (Å²) in [5.74, 6) is 0. The molecule has 4 aromatic rings. The maximum Gasteiger partial charge on any atom is 0.0870 e. The van der Waals surface area contributed by atoms with Crippen LogP contribution in [0.1, 0.15) is 5.56 Å². The van der Waals surface area contributed by atoms with Gasteiger partial charge in [0.2, 0.25) is 0 Å². The van der Waals surface area contributed by atoms with Crippen molar-refractivity contribution in [3.63, 3.8) is 0 Å². The zero-order valence-electron chi connectivity index (χ0n) is 13.5. The molecule has 0 atom stereocenters. The Morgan fingerprint density at radius 2 is 1.29 bits per heavy atom. The molecule has 1 N–H and O–H groups in total. The van der Waals surface area contributed by atoms with Gasteiger partial charge in [0.05, 0.1) is 11.4 Å². The van der Waals surface area contributed by atoms with Crippen LogP contribution in [0.25, 0.3) is 33.8 Å². The first kappa shape index (κ1) is 14.5. The van der Waals surface area contributed by atoms with Gasteiger partial charge in [-0.05, 0) is 35.7 Å². The lowest BCUT2D eigenvalue weighted by Gasteiger charge is -2.05. The molecule has 0 radical (unpaired) electrons. The number of nitrogens with one attached hydrogen (secondary N) is 1. The fourth-order valence-corrected chi connectivity index (χ4v) is 3.16. The molecule has 0 bridgehead atoms. The van der Waals surface area contributed by atoms with E-state index < -0.39 is 0 Å². The second-order valence-electron chi connectivity index (χ2n) is 5.82. The number of H-pyrrole nitrogens is 1. The van der Waals surface area contributed by atoms with Gasteiger partial charge >= 0.3 is 0 Å². The molecule has 24 heavy (non-hydrogen) atoms. The van der Waals surface area contributed by atoms with Crippen LogP contribution in [-0.2, 0) is 0 Å². The van der Waals surface area contributed by atoms with Crippen LogP contribution in [0.2, 0.25) is 0 Å². The summed E-state index contributed by atoms with van der Waals surface area (Å²) in [4.78, 5) is 8.17. The minimum atomic E-state index is 0.960. The van der Waals surface area contributed by atoms with Gasteiger partial charge in [0.15, 0.2) is 0 Å². The van der Waals surface area contributed by atoms with Crippen LogP contribution in [0.3, 0.4) is 0 Å². The Labute approximate surface area is 141 Å². The van der Waals surface area contributed by atoms with E-state index in [1.807, 2.05) is 36.5 Å². The van der Waals surface area contributed by atoms with Gasteiger partial charge in [-0.25, -0.2) is 0 Å². The van der Waals surface area contributed by atoms with Gasteiger partial charge in [0.25, 0.3) is 0 Å². The highest BCUT2D eigenvalue weighted by Gasteiger charge is 2.18. The second-order valence-corrected chi connectivity index (χ2v) is 5.82. The predicted molar refractivity (Wildman–Crippen MR) is 99.6 cm³/mol. The standard InChI is InChI=1S/C22H18N2/c1-16-20(17-10-4-2-5-11-17)22(19-14-8-9-15-23-19)24-21(16)18-12-6-3-7-13-18/h2-15,24H,1H3. The molecule has 0 aliphatic carbocycles. The molecule has 2 aromatic heterocycles. The lowest BCUT2D eigenvalue weighted by molar-refractivity contribution is 1.28. The molecule has 2 aromatic carbocycles. The molecule has 0 amide bonds. The average molecular weight is 310 g/mol. The number of rotatable bonds is 3. The van der Waals surface area contributed by atoms with Crippen molar-refractivity contribution in [3.05, 3.63) is 90.6 Å². The monoisotopic (exact) mass is 310 g/mol. The Bertz CT molecular complexity index is 939. The third-order valence-corrected chi connectivity index (χ3v) is 4.30. The molecular formula is C22H18N2. The van der Waals surface area contributed by atoms with Crippen LogP contribution in [0.4, 0.5) is 0 Å². The first-order valence-electron chi connectivity index (χ1n) is 8.09. The zero-order chi connectivity index (χ0) is 16.4. The maximum atomic E-state index is 4.55. The van der Waals surface area contributed by atoms with Crippen LogP contribution in [0.5, 0.6) is 0 Å². The quantitative estimate of drug-likeness (QED) is 0.515. The molecule has 0 saturated carbocycles. The number of hydrogen-bond acceptors (Lipinski definition) is 1. The summed E-state index contributed by atoms with van der Waals surface area (Å²) >= 11 is 0. The van der Waals surface area contributed by atoms with E-state index in [9.17, 15) is 0 Å². The predicted octanol–water partition coefficient (Wildman–Crippen LogP) is 5.72. The second kappa shape index (κ2) is 6.17. The zero-order valence-corrected chi connectivity index (χ0v) is 13.5. The van der Waals surface area contributed by atoms with Crippen molar-refractivity contribution >= 4 is 0 Å². The maximum absolute atomic E-state index is 4.55. The van der Waals surface area contributed by atoms with Crippen LogP contribution in [-0.4, -0.2) is 9.97 Å². The molecule has 2 nitrogen and oxygen atoms in total. The number of aromatic nitrogens is 2. The largest absolute Gasteiger partial charge is 0.353 e. The third kappa shape index (κ3) is 2.52. The van der Waals surface area contributed by atoms with E-state index in [0.29, 0.717) is 0 Å². The first-order chi connectivity index (χ1) is 11.8. The number of nitrogens with zero attached hydrogens (tertiary/aromatic N) is 1. The average Bonchev–Trinajstić information content (AvgIpc) is 3.01. The number of pyridine rings is 1. The van der Waals surface area contributed by atoms with Gasteiger partial charge in [0.1, 0.15) is 0 Å². The Kier molecular flexibility index (Phi) is 3.72. The highest BCUT2D eigenvalue weighted by Crippen LogP contribution is 2.39. The van der Waals surface area contributed by atoms with Gasteiger partial charge in [-0.3, -0.25) is 4.98 Å². The van der Waals surface area contributed by atoms with Crippen molar-refractivity contribution in [1.82, 2.24) is 9.97 Å². The van der Waals surface area contributed by atoms with Crippen molar-refractivity contribution in [1.29, 1.82) is 0 Å². The molecule has 0 spiro atoms. The summed E-state index contributed by atoms with van der Waals surface area (Å²) in [6, 6.07) is 27.0. The topological polar surface area (TPSA) is 28.7 Å². The van der Waals surface area contributed by atoms with E-state index in [0.717, 1.165) is 17.1 Å². The molecule has 116 valence electrons. The van der Waals surface area contributed by atoms with Crippen LogP contribution < -0.4 is 0 Å². The molecule has 2 heteroatoms. The highest BCUT2D eigenvalue weighted by molar-refractivity contribution is 5.88. The molecule has 0 fully saturated rings. The van der Waals surface area contributed by atoms with E-state index in [4.69, 9.17) is 0 Å². The molecule has 0 unspecified atom stereocenters. The fraction of sp³-hybridized carbons (Fsp3) is 0.0455. The molecule has 4 rings (SSSR count). The van der Waals surface area contributed by atoms with Crippen LogP contribution in [0.15, 0.2) is 85.1 Å². The molecule has 2 heterocycles. The molecule has 0 saturated heterocycles. The summed E-state index contributed by atoms with van der Waals surface area (Å²) in [7, 11) is 0. The lowest BCUT2D eigenvalue weighted by Crippen LogP contribution is -1.86. The van der Waals surface area contributed by atoms with Gasteiger partial charge < -0.3 is 4.98 Å². The van der Waals surface area contributed by atoms with E-state index in [1.54, 1.807) is 0 Å². The normalized spacial score (nSPS) is 10.7. The minimum Gasteiger partial charge on any atom is -0.353 e. The highest BCUT2D eigenvalue weighted by atomic mass is 14.8. The van der Waals surface area contributed by atoms with E-state index in [-0.39, 0.29) is 0 Å². The smallest absolute Gasteiger partial charge is 0.0870 e. The van der Waals surface area contributed by atoms with Crippen molar-refractivity contribution in [3.8, 4) is 33.8 Å². The van der Waals surface area contributed by atoms with Gasteiger partial charge in [0, 0.05) is 17.5 Å². The first-order valence-corrected chi connectivity index (χ1v) is 8.09. The summed E-state index contributed by atoms with van der Waals surface area (Å²) in [6.07, 6.45) is 1.84. The minimum absolute atomic E-state index is 0.960. The molecule has 0 aliphatic heterocycles. The summed E-state index contributed by atoms with van der Waals surface area (Å²) in [5.41, 5.74) is 8.03. The van der Waals surface area contributed by atoms with Crippen molar-refractivity contribution < 1.29 is 0 Å². The number of hydrogen-bond donors (Lipinski definition) is 1. The van der Waals surface area contributed by atoms with Crippen LogP contribution >= 0.6 is 0 Å². The Balaban J connectivity index is 1.99. The summed E-state index contributed by atoms with van der Waals surface area (Å²) < 4.78 is 0. The van der Waals surface area contributed by atoms with Crippen molar-refractivity contribution in [2.45, 2.75) is 6.92 Å². The summed E-state index contributed by atoms with van der Waals surface area (Å²) in [5, 5.41) is 0. The van der Waals surface area contributed by atoms with Crippen LogP contribution in [0, 0.1) is 6.92 Å². The van der Waals surface area contributed by atoms with E-state index in [2.05, 4.69) is 65.4 Å². The van der Waals surface area contributed by atoms with Gasteiger partial charge in [-0.15, -0.1) is 0 Å². The molecular weight excluding hydrogens is 292 g/mol. The lowest BCUT2D eigenvalue weighted by atomic mass is 9.98. The Morgan fingerprint density at radius 1 is 0.667 bits per heavy atom.